The zero-order valence-corrected chi connectivity index (χ0v) is 13.4. The van der Waals surface area contributed by atoms with Gasteiger partial charge in [-0.05, 0) is 24.1 Å². The quantitative estimate of drug-likeness (QED) is 0.816. The normalized spacial score (nSPS) is 19.0. The van der Waals surface area contributed by atoms with Gasteiger partial charge in [-0.15, -0.1) is 0 Å². The highest BCUT2D eigenvalue weighted by atomic mass is 79.9. The van der Waals surface area contributed by atoms with Gasteiger partial charge in [0, 0.05) is 17.5 Å². The van der Waals surface area contributed by atoms with Gasteiger partial charge in [-0.1, -0.05) is 28.1 Å². The average molecular weight is 356 g/mol. The first-order chi connectivity index (χ1) is 10.1. The summed E-state index contributed by atoms with van der Waals surface area (Å²) < 4.78 is 10.9. The van der Waals surface area contributed by atoms with Crippen molar-refractivity contribution < 1.29 is 19.1 Å². The summed E-state index contributed by atoms with van der Waals surface area (Å²) in [5.41, 5.74) is 0.955. The van der Waals surface area contributed by atoms with Crippen molar-refractivity contribution in [2.45, 2.75) is 18.9 Å². The SMILES string of the molecule is COC(=O)[C@@H](Cc1ccc(Br)cc1)NC(=O)[C@H]1CCOC1. The Hall–Kier alpha value is -1.40. The Labute approximate surface area is 132 Å². The number of methoxy groups -OCH3 is 1. The molecule has 1 heterocycles. The van der Waals surface area contributed by atoms with E-state index in [2.05, 4.69) is 21.2 Å². The molecule has 0 radical (unpaired) electrons. The number of carbonyl (C=O) groups excluding carboxylic acids is 2. The van der Waals surface area contributed by atoms with E-state index >= 15 is 0 Å². The van der Waals surface area contributed by atoms with E-state index in [4.69, 9.17) is 9.47 Å². The number of nitrogens with one attached hydrogen (secondary N) is 1. The van der Waals surface area contributed by atoms with Gasteiger partial charge in [0.2, 0.25) is 5.91 Å². The van der Waals surface area contributed by atoms with Crippen molar-refractivity contribution in [2.75, 3.05) is 20.3 Å². The van der Waals surface area contributed by atoms with Crippen molar-refractivity contribution in [3.63, 3.8) is 0 Å². The first-order valence-corrected chi connectivity index (χ1v) is 7.60. The monoisotopic (exact) mass is 355 g/mol. The average Bonchev–Trinajstić information content (AvgIpc) is 3.02. The van der Waals surface area contributed by atoms with E-state index in [-0.39, 0.29) is 11.8 Å². The predicted octanol–water partition coefficient (Wildman–Crippen LogP) is 1.69. The Morgan fingerprint density at radius 1 is 1.43 bits per heavy atom. The Kier molecular flexibility index (Phi) is 5.76. The minimum atomic E-state index is -0.677. The lowest BCUT2D eigenvalue weighted by molar-refractivity contribution is -0.145. The van der Waals surface area contributed by atoms with Gasteiger partial charge >= 0.3 is 5.97 Å². The fourth-order valence-electron chi connectivity index (χ4n) is 2.22. The number of hydrogen-bond acceptors (Lipinski definition) is 4. The molecule has 0 aromatic heterocycles. The molecule has 2 rings (SSSR count). The Bertz CT molecular complexity index is 497. The molecule has 1 N–H and O–H groups in total. The van der Waals surface area contributed by atoms with Crippen LogP contribution in [0.2, 0.25) is 0 Å². The van der Waals surface area contributed by atoms with Crippen LogP contribution < -0.4 is 5.32 Å². The molecule has 6 heteroatoms. The summed E-state index contributed by atoms with van der Waals surface area (Å²) in [6, 6.07) is 6.94. The van der Waals surface area contributed by atoms with Crippen LogP contribution in [0.5, 0.6) is 0 Å². The molecule has 0 aliphatic carbocycles. The van der Waals surface area contributed by atoms with Gasteiger partial charge in [-0.25, -0.2) is 4.79 Å². The molecular weight excluding hydrogens is 338 g/mol. The molecule has 1 fully saturated rings. The van der Waals surface area contributed by atoms with E-state index < -0.39 is 12.0 Å². The Morgan fingerprint density at radius 3 is 2.71 bits per heavy atom. The zero-order valence-electron chi connectivity index (χ0n) is 11.8. The molecule has 1 amide bonds. The summed E-state index contributed by atoms with van der Waals surface area (Å²) in [6.07, 6.45) is 1.09. The first kappa shape index (κ1) is 16.0. The maximum Gasteiger partial charge on any atom is 0.328 e. The lowest BCUT2D eigenvalue weighted by Gasteiger charge is -2.18. The largest absolute Gasteiger partial charge is 0.467 e. The predicted molar refractivity (Wildman–Crippen MR) is 80.7 cm³/mol. The molecule has 2 atom stereocenters. The molecule has 0 unspecified atom stereocenters. The molecule has 1 saturated heterocycles. The molecular formula is C15H18BrNO4. The van der Waals surface area contributed by atoms with Crippen LogP contribution in [-0.2, 0) is 25.5 Å². The van der Waals surface area contributed by atoms with Gasteiger partial charge in [0.15, 0.2) is 0 Å². The molecule has 1 aliphatic heterocycles. The fourth-order valence-corrected chi connectivity index (χ4v) is 2.49. The van der Waals surface area contributed by atoms with Crippen molar-refractivity contribution in [1.29, 1.82) is 0 Å². The second kappa shape index (κ2) is 7.56. The third-order valence-corrected chi connectivity index (χ3v) is 3.98. The minimum absolute atomic E-state index is 0.153. The van der Waals surface area contributed by atoms with Crippen LogP contribution in [0.15, 0.2) is 28.7 Å². The number of carbonyl (C=O) groups is 2. The van der Waals surface area contributed by atoms with Crippen LogP contribution in [0.25, 0.3) is 0 Å². The molecule has 5 nitrogen and oxygen atoms in total. The summed E-state index contributed by atoms with van der Waals surface area (Å²) in [7, 11) is 1.32. The fraction of sp³-hybridized carbons (Fsp3) is 0.467. The number of halogens is 1. The van der Waals surface area contributed by atoms with Crippen LogP contribution >= 0.6 is 15.9 Å². The topological polar surface area (TPSA) is 64.6 Å². The molecule has 21 heavy (non-hydrogen) atoms. The van der Waals surface area contributed by atoms with Crippen molar-refractivity contribution in [1.82, 2.24) is 5.32 Å². The van der Waals surface area contributed by atoms with E-state index in [1.54, 1.807) is 0 Å². The second-order valence-corrected chi connectivity index (χ2v) is 5.89. The van der Waals surface area contributed by atoms with Gasteiger partial charge in [-0.2, -0.15) is 0 Å². The molecule has 1 aromatic carbocycles. The van der Waals surface area contributed by atoms with E-state index in [1.807, 2.05) is 24.3 Å². The second-order valence-electron chi connectivity index (χ2n) is 4.98. The standard InChI is InChI=1S/C15H18BrNO4/c1-20-15(19)13(8-10-2-4-12(16)5-3-10)17-14(18)11-6-7-21-9-11/h2-5,11,13H,6-9H2,1H3,(H,17,18)/t11-,13+/m0/s1. The van der Waals surface area contributed by atoms with Crippen molar-refractivity contribution in [3.05, 3.63) is 34.3 Å². The molecule has 1 aliphatic rings. The number of hydrogen-bond donors (Lipinski definition) is 1. The third kappa shape index (κ3) is 4.54. The van der Waals surface area contributed by atoms with E-state index in [0.717, 1.165) is 10.0 Å². The van der Waals surface area contributed by atoms with Crippen LogP contribution in [0.1, 0.15) is 12.0 Å². The smallest absolute Gasteiger partial charge is 0.328 e. The van der Waals surface area contributed by atoms with Gasteiger partial charge < -0.3 is 14.8 Å². The van der Waals surface area contributed by atoms with Crippen LogP contribution in [-0.4, -0.2) is 38.2 Å². The minimum Gasteiger partial charge on any atom is -0.467 e. The highest BCUT2D eigenvalue weighted by Crippen LogP contribution is 2.15. The molecule has 114 valence electrons. The summed E-state index contributed by atoms with van der Waals surface area (Å²) in [5, 5.41) is 2.77. The summed E-state index contributed by atoms with van der Waals surface area (Å²) in [5.74, 6) is -0.771. The summed E-state index contributed by atoms with van der Waals surface area (Å²) >= 11 is 3.36. The molecule has 0 bridgehead atoms. The van der Waals surface area contributed by atoms with Crippen LogP contribution in [0.3, 0.4) is 0 Å². The molecule has 0 saturated carbocycles. The lowest BCUT2D eigenvalue weighted by Crippen LogP contribution is -2.45. The zero-order chi connectivity index (χ0) is 15.2. The van der Waals surface area contributed by atoms with Gasteiger partial charge in [-0.3, -0.25) is 4.79 Å². The first-order valence-electron chi connectivity index (χ1n) is 6.80. The maximum atomic E-state index is 12.1. The Morgan fingerprint density at radius 2 is 2.14 bits per heavy atom. The third-order valence-electron chi connectivity index (χ3n) is 3.46. The number of amides is 1. The van der Waals surface area contributed by atoms with Gasteiger partial charge in [0.05, 0.1) is 19.6 Å². The number of ether oxygens (including phenoxy) is 2. The van der Waals surface area contributed by atoms with E-state index in [0.29, 0.717) is 26.1 Å². The van der Waals surface area contributed by atoms with Crippen molar-refractivity contribution in [3.8, 4) is 0 Å². The number of rotatable bonds is 5. The Balaban J connectivity index is 2.01. The van der Waals surface area contributed by atoms with Crippen LogP contribution in [0, 0.1) is 5.92 Å². The van der Waals surface area contributed by atoms with Crippen molar-refractivity contribution in [2.24, 2.45) is 5.92 Å². The summed E-state index contributed by atoms with van der Waals surface area (Å²) in [6.45, 7) is 1.01. The van der Waals surface area contributed by atoms with E-state index in [9.17, 15) is 9.59 Å². The highest BCUT2D eigenvalue weighted by molar-refractivity contribution is 9.10. The van der Waals surface area contributed by atoms with Gasteiger partial charge in [0.25, 0.3) is 0 Å². The van der Waals surface area contributed by atoms with Crippen molar-refractivity contribution >= 4 is 27.8 Å². The number of benzene rings is 1. The molecule has 1 aromatic rings. The summed E-state index contributed by atoms with van der Waals surface area (Å²) in [4.78, 5) is 24.0. The highest BCUT2D eigenvalue weighted by Gasteiger charge is 2.28. The van der Waals surface area contributed by atoms with Crippen LogP contribution in [0.4, 0.5) is 0 Å². The maximum absolute atomic E-state index is 12.1. The number of esters is 1. The van der Waals surface area contributed by atoms with E-state index in [1.165, 1.54) is 7.11 Å². The lowest BCUT2D eigenvalue weighted by atomic mass is 10.0. The van der Waals surface area contributed by atoms with Gasteiger partial charge in [0.1, 0.15) is 6.04 Å². The molecule has 0 spiro atoms.